The maximum absolute atomic E-state index is 11.3. The summed E-state index contributed by atoms with van der Waals surface area (Å²) >= 11 is 0. The molecule has 0 spiro atoms. The molecule has 1 saturated heterocycles. The Morgan fingerprint density at radius 2 is 2.26 bits per heavy atom. The maximum Gasteiger partial charge on any atom is 0.407 e. The third kappa shape index (κ3) is 4.37. The lowest BCUT2D eigenvalue weighted by Crippen LogP contribution is -2.53. The molecule has 0 bridgehead atoms. The van der Waals surface area contributed by atoms with E-state index in [9.17, 15) is 9.59 Å². The molecular formula is C15H23N3O5. The third-order valence-electron chi connectivity index (χ3n) is 4.04. The number of ether oxygens (including phenoxy) is 1. The number of nitrogens with zero attached hydrogens (tertiary/aromatic N) is 3. The van der Waals surface area contributed by atoms with Crippen LogP contribution in [0.1, 0.15) is 26.0 Å². The van der Waals surface area contributed by atoms with Gasteiger partial charge in [-0.15, -0.1) is 0 Å². The van der Waals surface area contributed by atoms with Crippen molar-refractivity contribution in [2.45, 2.75) is 32.7 Å². The second-order valence-electron chi connectivity index (χ2n) is 6.01. The highest BCUT2D eigenvalue weighted by Crippen LogP contribution is 2.21. The fourth-order valence-electron chi connectivity index (χ4n) is 2.78. The van der Waals surface area contributed by atoms with Gasteiger partial charge in [-0.3, -0.25) is 4.79 Å². The van der Waals surface area contributed by atoms with Gasteiger partial charge in [-0.25, -0.2) is 4.79 Å². The van der Waals surface area contributed by atoms with Crippen molar-refractivity contribution >= 4 is 17.9 Å². The van der Waals surface area contributed by atoms with Crippen molar-refractivity contribution in [3.05, 3.63) is 11.8 Å². The molecule has 1 fully saturated rings. The number of rotatable bonds is 5. The van der Waals surface area contributed by atoms with E-state index in [0.29, 0.717) is 44.1 Å². The number of methoxy groups -OCH3 is 1. The van der Waals surface area contributed by atoms with Crippen LogP contribution in [-0.2, 0) is 16.0 Å². The monoisotopic (exact) mass is 325 g/mol. The van der Waals surface area contributed by atoms with Gasteiger partial charge in [0.15, 0.2) is 5.82 Å². The van der Waals surface area contributed by atoms with Gasteiger partial charge in [0.25, 0.3) is 0 Å². The van der Waals surface area contributed by atoms with Crippen molar-refractivity contribution in [1.29, 1.82) is 0 Å². The van der Waals surface area contributed by atoms with Gasteiger partial charge in [-0.1, -0.05) is 12.1 Å². The number of hydrogen-bond donors (Lipinski definition) is 1. The molecule has 2 rings (SSSR count). The summed E-state index contributed by atoms with van der Waals surface area (Å²) in [6, 6.07) is 1.76. The highest BCUT2D eigenvalue weighted by Gasteiger charge is 2.28. The number of esters is 1. The molecule has 1 aromatic heterocycles. The number of piperazine rings is 1. The summed E-state index contributed by atoms with van der Waals surface area (Å²) in [7, 11) is 1.37. The molecule has 0 radical (unpaired) electrons. The van der Waals surface area contributed by atoms with Crippen LogP contribution in [0.15, 0.2) is 10.6 Å². The molecule has 0 saturated carbocycles. The molecule has 128 valence electrons. The zero-order valence-corrected chi connectivity index (χ0v) is 13.7. The molecule has 8 heteroatoms. The van der Waals surface area contributed by atoms with Crippen molar-refractivity contribution in [2.24, 2.45) is 5.92 Å². The minimum atomic E-state index is -0.894. The molecule has 0 aliphatic carbocycles. The number of amides is 1. The predicted octanol–water partition coefficient (Wildman–Crippen LogP) is 1.60. The van der Waals surface area contributed by atoms with E-state index >= 15 is 0 Å². The highest BCUT2D eigenvalue weighted by atomic mass is 16.5. The quantitative estimate of drug-likeness (QED) is 0.821. The molecule has 0 aromatic carbocycles. The first-order chi connectivity index (χ1) is 10.9. The van der Waals surface area contributed by atoms with Gasteiger partial charge in [0, 0.05) is 44.6 Å². The predicted molar refractivity (Wildman–Crippen MR) is 82.4 cm³/mol. The Balaban J connectivity index is 1.92. The lowest BCUT2D eigenvalue weighted by Gasteiger charge is -2.38. The number of aromatic nitrogens is 1. The first kappa shape index (κ1) is 17.1. The van der Waals surface area contributed by atoms with E-state index in [2.05, 4.69) is 9.89 Å². The molecule has 1 amide bonds. The van der Waals surface area contributed by atoms with Crippen molar-refractivity contribution in [3.63, 3.8) is 0 Å². The summed E-state index contributed by atoms with van der Waals surface area (Å²) in [5.41, 5.74) is 0. The van der Waals surface area contributed by atoms with E-state index in [1.807, 2.05) is 24.8 Å². The summed E-state index contributed by atoms with van der Waals surface area (Å²) in [4.78, 5) is 25.8. The highest BCUT2D eigenvalue weighted by molar-refractivity contribution is 5.69. The van der Waals surface area contributed by atoms with E-state index in [-0.39, 0.29) is 17.9 Å². The fraction of sp³-hybridized carbons (Fsp3) is 0.667. The van der Waals surface area contributed by atoms with Crippen LogP contribution in [0.25, 0.3) is 0 Å². The Bertz CT molecular complexity index is 559. The minimum absolute atomic E-state index is 0.0975. The van der Waals surface area contributed by atoms with Crippen LogP contribution in [0.5, 0.6) is 0 Å². The molecule has 1 aliphatic rings. The average molecular weight is 325 g/mol. The first-order valence-corrected chi connectivity index (χ1v) is 7.67. The van der Waals surface area contributed by atoms with Gasteiger partial charge in [-0.2, -0.15) is 0 Å². The molecule has 2 atom stereocenters. The molecule has 1 aromatic rings. The van der Waals surface area contributed by atoms with E-state index in [1.165, 1.54) is 12.0 Å². The molecule has 1 N–H and O–H groups in total. The number of carbonyl (C=O) groups is 2. The topological polar surface area (TPSA) is 96.1 Å². The Hall–Kier alpha value is -2.25. The van der Waals surface area contributed by atoms with Crippen LogP contribution in [-0.4, -0.2) is 60.0 Å². The van der Waals surface area contributed by atoms with Crippen LogP contribution in [0.2, 0.25) is 0 Å². The second kappa shape index (κ2) is 7.34. The fourth-order valence-corrected chi connectivity index (χ4v) is 2.78. The van der Waals surface area contributed by atoms with E-state index in [0.717, 1.165) is 0 Å². The van der Waals surface area contributed by atoms with Crippen molar-refractivity contribution in [3.8, 4) is 0 Å². The third-order valence-corrected chi connectivity index (χ3v) is 4.04. The number of anilines is 1. The van der Waals surface area contributed by atoms with Crippen LogP contribution in [0, 0.1) is 5.92 Å². The lowest BCUT2D eigenvalue weighted by molar-refractivity contribution is -0.141. The number of hydrogen-bond acceptors (Lipinski definition) is 6. The molecule has 1 aliphatic heterocycles. The molecule has 8 nitrogen and oxygen atoms in total. The van der Waals surface area contributed by atoms with E-state index in [1.54, 1.807) is 0 Å². The van der Waals surface area contributed by atoms with Gasteiger partial charge >= 0.3 is 12.1 Å². The molecular weight excluding hydrogens is 302 g/mol. The Kier molecular flexibility index (Phi) is 5.46. The first-order valence-electron chi connectivity index (χ1n) is 7.67. The van der Waals surface area contributed by atoms with Gasteiger partial charge in [0.05, 0.1) is 7.11 Å². The molecule has 2 heterocycles. The van der Waals surface area contributed by atoms with Crippen LogP contribution >= 0.6 is 0 Å². The summed E-state index contributed by atoms with van der Waals surface area (Å²) in [6.45, 7) is 5.43. The Morgan fingerprint density at radius 3 is 2.87 bits per heavy atom. The van der Waals surface area contributed by atoms with E-state index in [4.69, 9.17) is 9.63 Å². The van der Waals surface area contributed by atoms with Crippen LogP contribution < -0.4 is 4.90 Å². The molecule has 0 unspecified atom stereocenters. The molecule has 23 heavy (non-hydrogen) atoms. The lowest BCUT2D eigenvalue weighted by atomic mass is 10.0. The van der Waals surface area contributed by atoms with Crippen molar-refractivity contribution < 1.29 is 24.0 Å². The summed E-state index contributed by atoms with van der Waals surface area (Å²) in [6.07, 6.45) is 0.0442. The van der Waals surface area contributed by atoms with Gasteiger partial charge < -0.3 is 24.2 Å². The summed E-state index contributed by atoms with van der Waals surface area (Å²) in [5, 5.41) is 13.2. The van der Waals surface area contributed by atoms with Crippen LogP contribution in [0.3, 0.4) is 0 Å². The summed E-state index contributed by atoms with van der Waals surface area (Å²) in [5.74, 6) is 1.29. The maximum atomic E-state index is 11.3. The SMILES string of the molecule is COC(=O)C[C@@H](C)Cc1cc(N2CCN(C(=O)O)[C@H](C)C2)no1. The summed E-state index contributed by atoms with van der Waals surface area (Å²) < 4.78 is 9.99. The number of carbonyl (C=O) groups excluding carboxylic acids is 1. The van der Waals surface area contributed by atoms with Gasteiger partial charge in [0.1, 0.15) is 5.76 Å². The largest absolute Gasteiger partial charge is 0.469 e. The van der Waals surface area contributed by atoms with Crippen LogP contribution in [0.4, 0.5) is 10.6 Å². The van der Waals surface area contributed by atoms with E-state index < -0.39 is 6.09 Å². The van der Waals surface area contributed by atoms with Gasteiger partial charge in [-0.05, 0) is 12.8 Å². The second-order valence-corrected chi connectivity index (χ2v) is 6.01. The Labute approximate surface area is 135 Å². The standard InChI is InChI=1S/C15H23N3O5/c1-10(7-14(19)22-3)6-12-8-13(16-23-12)17-4-5-18(15(20)21)11(2)9-17/h8,10-11H,4-7,9H2,1-3H3,(H,20,21)/t10-,11+/m0/s1. The Morgan fingerprint density at radius 1 is 1.52 bits per heavy atom. The average Bonchev–Trinajstić information content (AvgIpc) is 2.94. The van der Waals surface area contributed by atoms with Crippen molar-refractivity contribution in [2.75, 3.05) is 31.6 Å². The number of carboxylic acid groups (broad SMARTS) is 1. The zero-order valence-electron chi connectivity index (χ0n) is 13.7. The smallest absolute Gasteiger partial charge is 0.407 e. The van der Waals surface area contributed by atoms with Crippen molar-refractivity contribution in [1.82, 2.24) is 10.1 Å². The van der Waals surface area contributed by atoms with Gasteiger partial charge in [0.2, 0.25) is 0 Å². The minimum Gasteiger partial charge on any atom is -0.469 e. The normalized spacial score (nSPS) is 19.5. The zero-order chi connectivity index (χ0) is 17.0.